The summed E-state index contributed by atoms with van der Waals surface area (Å²) in [6.07, 6.45) is 1.56. The van der Waals surface area contributed by atoms with Crippen LogP contribution in [0.3, 0.4) is 0 Å². The number of hydrogen-bond acceptors (Lipinski definition) is 4. The molecular weight excluding hydrogens is 344 g/mol. The highest BCUT2D eigenvalue weighted by Gasteiger charge is 2.19. The molecule has 2 aromatic carbocycles. The number of carbonyl (C=O) groups is 2. The molecule has 1 aromatic heterocycles. The molecule has 0 radical (unpaired) electrons. The second-order valence-electron chi connectivity index (χ2n) is 5.81. The van der Waals surface area contributed by atoms with E-state index in [0.29, 0.717) is 11.5 Å². The highest BCUT2D eigenvalue weighted by Crippen LogP contribution is 2.22. The predicted octanol–water partition coefficient (Wildman–Crippen LogP) is 2.68. The monoisotopic (exact) mass is 364 g/mol. The quantitative estimate of drug-likeness (QED) is 0.644. The fourth-order valence-electron chi connectivity index (χ4n) is 2.53. The van der Waals surface area contributed by atoms with Crippen molar-refractivity contribution in [1.82, 2.24) is 10.6 Å². The summed E-state index contributed by atoms with van der Waals surface area (Å²) in [6, 6.07) is 21.6. The fourth-order valence-corrected chi connectivity index (χ4v) is 2.53. The zero-order valence-electron chi connectivity index (χ0n) is 14.6. The third kappa shape index (κ3) is 5.47. The van der Waals surface area contributed by atoms with Gasteiger partial charge in [-0.05, 0) is 29.8 Å². The Labute approximate surface area is 157 Å². The van der Waals surface area contributed by atoms with Gasteiger partial charge in [-0.3, -0.25) is 9.59 Å². The van der Waals surface area contributed by atoms with E-state index in [4.69, 9.17) is 9.15 Å². The Morgan fingerprint density at radius 2 is 1.59 bits per heavy atom. The Bertz CT molecular complexity index is 848. The van der Waals surface area contributed by atoms with Crippen molar-refractivity contribution in [2.24, 2.45) is 0 Å². The van der Waals surface area contributed by atoms with Crippen molar-refractivity contribution in [3.8, 4) is 5.75 Å². The third-order valence-electron chi connectivity index (χ3n) is 3.83. The van der Waals surface area contributed by atoms with Gasteiger partial charge in [-0.2, -0.15) is 0 Å². The van der Waals surface area contributed by atoms with Gasteiger partial charge in [0.05, 0.1) is 12.8 Å². The Balaban J connectivity index is 1.51. The van der Waals surface area contributed by atoms with E-state index >= 15 is 0 Å². The molecular formula is C21H20N2O4. The number of rotatable bonds is 8. The van der Waals surface area contributed by atoms with Crippen LogP contribution in [0.5, 0.6) is 5.75 Å². The third-order valence-corrected chi connectivity index (χ3v) is 3.83. The lowest BCUT2D eigenvalue weighted by molar-refractivity contribution is -0.127. The van der Waals surface area contributed by atoms with Crippen LogP contribution in [0, 0.1) is 0 Å². The Hall–Kier alpha value is -3.54. The number of amides is 2. The number of carbonyl (C=O) groups excluding carboxylic acids is 2. The van der Waals surface area contributed by atoms with Gasteiger partial charge in [0, 0.05) is 0 Å². The van der Waals surface area contributed by atoms with Crippen LogP contribution in [-0.2, 0) is 9.59 Å². The summed E-state index contributed by atoms with van der Waals surface area (Å²) in [7, 11) is 0. The standard InChI is InChI=1S/C21H20N2O4/c24-19(14-22-20(25)15-27-17-10-5-2-6-11-17)23-21(18-12-7-13-26-18)16-8-3-1-4-9-16/h1-13,21H,14-15H2,(H,22,25)(H,23,24). The lowest BCUT2D eigenvalue weighted by Gasteiger charge is -2.17. The number of nitrogens with one attached hydrogen (secondary N) is 2. The molecule has 0 saturated carbocycles. The van der Waals surface area contributed by atoms with Crippen molar-refractivity contribution < 1.29 is 18.7 Å². The summed E-state index contributed by atoms with van der Waals surface area (Å²) in [5, 5.41) is 5.42. The molecule has 0 aliphatic carbocycles. The summed E-state index contributed by atoms with van der Waals surface area (Å²) in [5.41, 5.74) is 0.888. The lowest BCUT2D eigenvalue weighted by Crippen LogP contribution is -2.40. The molecule has 3 aromatic rings. The molecule has 6 nitrogen and oxygen atoms in total. The van der Waals surface area contributed by atoms with Gasteiger partial charge in [0.25, 0.3) is 5.91 Å². The van der Waals surface area contributed by atoms with Gasteiger partial charge in [-0.1, -0.05) is 48.5 Å². The first-order chi connectivity index (χ1) is 13.2. The van der Waals surface area contributed by atoms with Gasteiger partial charge in [0.1, 0.15) is 17.6 Å². The summed E-state index contributed by atoms with van der Waals surface area (Å²) >= 11 is 0. The van der Waals surface area contributed by atoms with Crippen molar-refractivity contribution in [3.05, 3.63) is 90.4 Å². The van der Waals surface area contributed by atoms with E-state index in [1.807, 2.05) is 48.5 Å². The van der Waals surface area contributed by atoms with Crippen LogP contribution >= 0.6 is 0 Å². The molecule has 0 bridgehead atoms. The SMILES string of the molecule is O=C(COc1ccccc1)NCC(=O)NC(c1ccccc1)c1ccco1. The summed E-state index contributed by atoms with van der Waals surface area (Å²) in [4.78, 5) is 24.2. The highest BCUT2D eigenvalue weighted by molar-refractivity contribution is 5.85. The average Bonchev–Trinajstić information content (AvgIpc) is 3.25. The van der Waals surface area contributed by atoms with Crippen LogP contribution in [0.25, 0.3) is 0 Å². The fraction of sp³-hybridized carbons (Fsp3) is 0.143. The molecule has 1 atom stereocenters. The van der Waals surface area contributed by atoms with Crippen LogP contribution in [0.15, 0.2) is 83.5 Å². The summed E-state index contributed by atoms with van der Waals surface area (Å²) in [6.45, 7) is -0.307. The molecule has 0 fully saturated rings. The topological polar surface area (TPSA) is 80.6 Å². The van der Waals surface area contributed by atoms with Crippen molar-refractivity contribution >= 4 is 11.8 Å². The Morgan fingerprint density at radius 3 is 2.26 bits per heavy atom. The van der Waals surface area contributed by atoms with Crippen LogP contribution in [0.4, 0.5) is 0 Å². The second-order valence-corrected chi connectivity index (χ2v) is 5.81. The number of hydrogen-bond donors (Lipinski definition) is 2. The van der Waals surface area contributed by atoms with E-state index in [1.165, 1.54) is 0 Å². The van der Waals surface area contributed by atoms with Crippen molar-refractivity contribution in [1.29, 1.82) is 0 Å². The molecule has 138 valence electrons. The van der Waals surface area contributed by atoms with Crippen LogP contribution in [-0.4, -0.2) is 25.0 Å². The first-order valence-electron chi connectivity index (χ1n) is 8.54. The molecule has 0 saturated heterocycles. The van der Waals surface area contributed by atoms with E-state index in [0.717, 1.165) is 5.56 Å². The second kappa shape index (κ2) is 9.24. The first kappa shape index (κ1) is 18.3. The molecule has 2 N–H and O–H groups in total. The summed E-state index contributed by atoms with van der Waals surface area (Å²) < 4.78 is 10.8. The normalized spacial score (nSPS) is 11.4. The molecule has 0 spiro atoms. The van der Waals surface area contributed by atoms with E-state index < -0.39 is 6.04 Å². The number of para-hydroxylation sites is 1. The number of benzene rings is 2. The molecule has 2 amide bonds. The number of ether oxygens (including phenoxy) is 1. The van der Waals surface area contributed by atoms with Crippen LogP contribution in [0.1, 0.15) is 17.4 Å². The molecule has 6 heteroatoms. The van der Waals surface area contributed by atoms with Crippen molar-refractivity contribution in [2.45, 2.75) is 6.04 Å². The predicted molar refractivity (Wildman–Crippen MR) is 100 cm³/mol. The molecule has 1 unspecified atom stereocenters. The van der Waals surface area contributed by atoms with E-state index in [-0.39, 0.29) is 25.0 Å². The Morgan fingerprint density at radius 1 is 0.889 bits per heavy atom. The van der Waals surface area contributed by atoms with Crippen molar-refractivity contribution in [2.75, 3.05) is 13.2 Å². The van der Waals surface area contributed by atoms with Gasteiger partial charge < -0.3 is 19.8 Å². The molecule has 27 heavy (non-hydrogen) atoms. The smallest absolute Gasteiger partial charge is 0.258 e. The maximum Gasteiger partial charge on any atom is 0.258 e. The van der Waals surface area contributed by atoms with Crippen molar-refractivity contribution in [3.63, 3.8) is 0 Å². The minimum Gasteiger partial charge on any atom is -0.484 e. The molecule has 1 heterocycles. The lowest BCUT2D eigenvalue weighted by atomic mass is 10.0. The van der Waals surface area contributed by atoms with Gasteiger partial charge in [-0.25, -0.2) is 0 Å². The average molecular weight is 364 g/mol. The maximum atomic E-state index is 12.3. The highest BCUT2D eigenvalue weighted by atomic mass is 16.5. The largest absolute Gasteiger partial charge is 0.484 e. The minimum absolute atomic E-state index is 0.152. The Kier molecular flexibility index (Phi) is 6.25. The van der Waals surface area contributed by atoms with E-state index in [2.05, 4.69) is 10.6 Å². The molecule has 0 aliphatic rings. The first-order valence-corrected chi connectivity index (χ1v) is 8.54. The van der Waals surface area contributed by atoms with Gasteiger partial charge >= 0.3 is 0 Å². The zero-order valence-corrected chi connectivity index (χ0v) is 14.6. The molecule has 3 rings (SSSR count). The maximum absolute atomic E-state index is 12.3. The van der Waals surface area contributed by atoms with Gasteiger partial charge in [0.15, 0.2) is 6.61 Å². The van der Waals surface area contributed by atoms with E-state index in [1.54, 1.807) is 30.5 Å². The van der Waals surface area contributed by atoms with Crippen LogP contribution < -0.4 is 15.4 Å². The number of furan rings is 1. The zero-order chi connectivity index (χ0) is 18.9. The summed E-state index contributed by atoms with van der Waals surface area (Å²) in [5.74, 6) is 0.518. The minimum atomic E-state index is -0.425. The molecule has 0 aliphatic heterocycles. The van der Waals surface area contributed by atoms with Gasteiger partial charge in [0.2, 0.25) is 5.91 Å². The van der Waals surface area contributed by atoms with E-state index in [9.17, 15) is 9.59 Å². The van der Waals surface area contributed by atoms with Gasteiger partial charge in [-0.15, -0.1) is 0 Å². The van der Waals surface area contributed by atoms with Crippen LogP contribution in [0.2, 0.25) is 0 Å².